The molecule has 1 aromatic carbocycles. The molecule has 2 aromatic rings. The Balaban J connectivity index is 2.03. The molecule has 106 valence electrons. The van der Waals surface area contributed by atoms with Crippen molar-refractivity contribution in [1.82, 2.24) is 4.98 Å². The summed E-state index contributed by atoms with van der Waals surface area (Å²) >= 11 is 17.8. The standard InChI is InChI=1S/C14H7Cl3N2O2/c15-8-2-1-3-10-12(8)13(20)14(21)19(10)6-7-5-18-11(17)4-9(7)16/h1-5H,6H2. The fraction of sp³-hybridized carbons (Fsp3) is 0.0714. The molecule has 4 nitrogen and oxygen atoms in total. The molecular weight excluding hydrogens is 335 g/mol. The molecule has 0 radical (unpaired) electrons. The van der Waals surface area contributed by atoms with Gasteiger partial charge in [0.25, 0.3) is 11.7 Å². The molecule has 1 amide bonds. The van der Waals surface area contributed by atoms with Gasteiger partial charge in [-0.2, -0.15) is 0 Å². The van der Waals surface area contributed by atoms with Crippen LogP contribution in [-0.2, 0) is 11.3 Å². The summed E-state index contributed by atoms with van der Waals surface area (Å²) in [6, 6.07) is 6.41. The van der Waals surface area contributed by atoms with E-state index in [2.05, 4.69) is 4.98 Å². The highest BCUT2D eigenvalue weighted by Crippen LogP contribution is 2.35. The number of nitrogens with zero attached hydrogens (tertiary/aromatic N) is 2. The van der Waals surface area contributed by atoms with Gasteiger partial charge in [-0.3, -0.25) is 9.59 Å². The molecule has 1 aliphatic heterocycles. The summed E-state index contributed by atoms with van der Waals surface area (Å²) in [7, 11) is 0. The number of hydrogen-bond donors (Lipinski definition) is 0. The Morgan fingerprint density at radius 3 is 2.57 bits per heavy atom. The molecule has 0 spiro atoms. The second kappa shape index (κ2) is 5.30. The third-order valence-corrected chi connectivity index (χ3v) is 4.05. The van der Waals surface area contributed by atoms with Crippen molar-refractivity contribution < 1.29 is 9.59 Å². The quantitative estimate of drug-likeness (QED) is 0.617. The van der Waals surface area contributed by atoms with Crippen molar-refractivity contribution in [1.29, 1.82) is 0 Å². The van der Waals surface area contributed by atoms with Crippen LogP contribution in [0.2, 0.25) is 15.2 Å². The van der Waals surface area contributed by atoms with Crippen LogP contribution in [0, 0.1) is 0 Å². The predicted molar refractivity (Wildman–Crippen MR) is 81.2 cm³/mol. The lowest BCUT2D eigenvalue weighted by Crippen LogP contribution is -2.29. The summed E-state index contributed by atoms with van der Waals surface area (Å²) in [6.07, 6.45) is 1.48. The van der Waals surface area contributed by atoms with Gasteiger partial charge >= 0.3 is 0 Å². The summed E-state index contributed by atoms with van der Waals surface area (Å²) in [5, 5.41) is 0.899. The Morgan fingerprint density at radius 1 is 1.10 bits per heavy atom. The van der Waals surface area contributed by atoms with E-state index in [0.29, 0.717) is 16.3 Å². The number of fused-ring (bicyclic) bond motifs is 1. The Morgan fingerprint density at radius 2 is 1.86 bits per heavy atom. The minimum Gasteiger partial charge on any atom is -0.300 e. The molecule has 2 heterocycles. The SMILES string of the molecule is O=C1C(=O)N(Cc2cnc(Cl)cc2Cl)c2cccc(Cl)c21. The number of Topliss-reactive ketones (excluding diaryl/α,β-unsaturated/α-hetero) is 1. The molecule has 1 aliphatic rings. The Kier molecular flexibility index (Phi) is 3.61. The smallest absolute Gasteiger partial charge is 0.299 e. The van der Waals surface area contributed by atoms with Crippen LogP contribution in [0.15, 0.2) is 30.5 Å². The van der Waals surface area contributed by atoms with Crippen LogP contribution in [0.3, 0.4) is 0 Å². The number of pyridine rings is 1. The molecule has 0 saturated heterocycles. The summed E-state index contributed by atoms with van der Waals surface area (Å²) in [6.45, 7) is 0.126. The first-order valence-electron chi connectivity index (χ1n) is 5.93. The summed E-state index contributed by atoms with van der Waals surface area (Å²) < 4.78 is 0. The van der Waals surface area contributed by atoms with Gasteiger partial charge in [0, 0.05) is 11.8 Å². The summed E-state index contributed by atoms with van der Waals surface area (Å²) in [5.74, 6) is -1.25. The maximum Gasteiger partial charge on any atom is 0.299 e. The number of amides is 1. The van der Waals surface area contributed by atoms with Crippen molar-refractivity contribution in [3.8, 4) is 0 Å². The monoisotopic (exact) mass is 340 g/mol. The van der Waals surface area contributed by atoms with Gasteiger partial charge in [0.15, 0.2) is 0 Å². The van der Waals surface area contributed by atoms with Gasteiger partial charge in [-0.25, -0.2) is 4.98 Å². The van der Waals surface area contributed by atoms with Crippen molar-refractivity contribution in [3.63, 3.8) is 0 Å². The zero-order valence-corrected chi connectivity index (χ0v) is 12.7. The molecule has 0 unspecified atom stereocenters. The van der Waals surface area contributed by atoms with Crippen molar-refractivity contribution in [2.45, 2.75) is 6.54 Å². The first-order valence-corrected chi connectivity index (χ1v) is 7.07. The van der Waals surface area contributed by atoms with E-state index in [4.69, 9.17) is 34.8 Å². The zero-order valence-electron chi connectivity index (χ0n) is 10.4. The number of carbonyl (C=O) groups is 2. The molecule has 0 saturated carbocycles. The minimum absolute atomic E-state index is 0.126. The molecule has 7 heteroatoms. The Hall–Kier alpha value is -1.62. The minimum atomic E-state index is -0.635. The molecule has 0 bridgehead atoms. The zero-order chi connectivity index (χ0) is 15.1. The number of carbonyl (C=O) groups excluding carboxylic acids is 2. The molecule has 21 heavy (non-hydrogen) atoms. The van der Waals surface area contributed by atoms with Crippen LogP contribution in [0.1, 0.15) is 15.9 Å². The number of anilines is 1. The molecule has 0 atom stereocenters. The van der Waals surface area contributed by atoms with Crippen LogP contribution >= 0.6 is 34.8 Å². The molecule has 0 aliphatic carbocycles. The normalized spacial score (nSPS) is 13.8. The van der Waals surface area contributed by atoms with Crippen LogP contribution in [0.25, 0.3) is 0 Å². The van der Waals surface area contributed by atoms with E-state index in [-0.39, 0.29) is 22.3 Å². The summed E-state index contributed by atoms with van der Waals surface area (Å²) in [5.41, 5.74) is 1.29. The van der Waals surface area contributed by atoms with Gasteiger partial charge in [-0.15, -0.1) is 0 Å². The highest BCUT2D eigenvalue weighted by molar-refractivity contribution is 6.55. The predicted octanol–water partition coefficient (Wildman–Crippen LogP) is 3.77. The Labute approximate surface area is 135 Å². The van der Waals surface area contributed by atoms with Crippen LogP contribution in [0.5, 0.6) is 0 Å². The van der Waals surface area contributed by atoms with Gasteiger partial charge in [0.1, 0.15) is 5.15 Å². The topological polar surface area (TPSA) is 50.3 Å². The lowest BCUT2D eigenvalue weighted by Gasteiger charge is -2.17. The van der Waals surface area contributed by atoms with Gasteiger partial charge in [-0.1, -0.05) is 40.9 Å². The molecule has 3 rings (SSSR count). The van der Waals surface area contributed by atoms with Gasteiger partial charge in [0.2, 0.25) is 0 Å². The average molecular weight is 342 g/mol. The van der Waals surface area contributed by atoms with E-state index in [0.717, 1.165) is 0 Å². The lowest BCUT2D eigenvalue weighted by atomic mass is 10.1. The van der Waals surface area contributed by atoms with E-state index >= 15 is 0 Å². The van der Waals surface area contributed by atoms with Crippen LogP contribution in [0.4, 0.5) is 5.69 Å². The number of benzene rings is 1. The third kappa shape index (κ3) is 2.39. The number of hydrogen-bond acceptors (Lipinski definition) is 3. The lowest BCUT2D eigenvalue weighted by molar-refractivity contribution is -0.114. The maximum absolute atomic E-state index is 12.1. The van der Waals surface area contributed by atoms with Crippen LogP contribution in [-0.4, -0.2) is 16.7 Å². The number of halogens is 3. The third-order valence-electron chi connectivity index (χ3n) is 3.17. The molecule has 1 aromatic heterocycles. The van der Waals surface area contributed by atoms with Crippen molar-refractivity contribution in [2.75, 3.05) is 4.90 Å². The molecule has 0 fully saturated rings. The average Bonchev–Trinajstić information content (AvgIpc) is 2.68. The Bertz CT molecular complexity index is 777. The molecule has 0 N–H and O–H groups in total. The van der Waals surface area contributed by atoms with E-state index in [1.165, 1.54) is 17.2 Å². The fourth-order valence-electron chi connectivity index (χ4n) is 2.18. The van der Waals surface area contributed by atoms with Crippen molar-refractivity contribution in [3.05, 3.63) is 56.8 Å². The largest absolute Gasteiger partial charge is 0.300 e. The second-order valence-corrected chi connectivity index (χ2v) is 5.65. The second-order valence-electron chi connectivity index (χ2n) is 4.45. The van der Waals surface area contributed by atoms with E-state index in [9.17, 15) is 9.59 Å². The van der Waals surface area contributed by atoms with Crippen LogP contribution < -0.4 is 4.90 Å². The van der Waals surface area contributed by atoms with E-state index in [1.54, 1.807) is 18.2 Å². The summed E-state index contributed by atoms with van der Waals surface area (Å²) in [4.78, 5) is 29.4. The molecular formula is C14H7Cl3N2O2. The number of aromatic nitrogens is 1. The fourth-order valence-corrected chi connectivity index (χ4v) is 2.86. The van der Waals surface area contributed by atoms with E-state index in [1.807, 2.05) is 0 Å². The number of ketones is 1. The number of rotatable bonds is 2. The van der Waals surface area contributed by atoms with Crippen molar-refractivity contribution in [2.24, 2.45) is 0 Å². The van der Waals surface area contributed by atoms with Crippen molar-refractivity contribution >= 4 is 52.2 Å². The highest BCUT2D eigenvalue weighted by atomic mass is 35.5. The first-order chi connectivity index (χ1) is 9.99. The van der Waals surface area contributed by atoms with Gasteiger partial charge in [-0.05, 0) is 18.2 Å². The first kappa shape index (κ1) is 14.3. The van der Waals surface area contributed by atoms with Gasteiger partial charge in [0.05, 0.1) is 27.8 Å². The van der Waals surface area contributed by atoms with Gasteiger partial charge < -0.3 is 4.90 Å². The van der Waals surface area contributed by atoms with E-state index < -0.39 is 11.7 Å². The maximum atomic E-state index is 12.1. The highest BCUT2D eigenvalue weighted by Gasteiger charge is 2.37.